The number of aliphatic hydroxyl groups is 1. The minimum absolute atomic E-state index is 0.0144. The number of carbonyl (C=O) groups excluding carboxylic acids is 2. The van der Waals surface area contributed by atoms with E-state index in [1.807, 2.05) is 0 Å². The second-order valence-electron chi connectivity index (χ2n) is 3.65. The van der Waals surface area contributed by atoms with Gasteiger partial charge in [-0.2, -0.15) is 0 Å². The fourth-order valence-electron chi connectivity index (χ4n) is 1.36. The Morgan fingerprint density at radius 3 is 2.94 bits per heavy atom. The van der Waals surface area contributed by atoms with Gasteiger partial charge in [0.15, 0.2) is 0 Å². The number of primary amides is 1. The Labute approximate surface area is 93.3 Å². The lowest BCUT2D eigenvalue weighted by atomic mass is 10.2. The molecule has 0 saturated carbocycles. The highest BCUT2D eigenvalue weighted by Gasteiger charge is 2.18. The second-order valence-corrected chi connectivity index (χ2v) is 3.65. The number of hydrogen-bond donors (Lipinski definition) is 4. The predicted octanol–water partition coefficient (Wildman–Crippen LogP) is -2.67. The molecule has 0 bridgehead atoms. The minimum Gasteiger partial charge on any atom is -0.381 e. The molecule has 7 heteroatoms. The van der Waals surface area contributed by atoms with Crippen molar-refractivity contribution in [2.75, 3.05) is 26.3 Å². The van der Waals surface area contributed by atoms with E-state index in [0.29, 0.717) is 13.2 Å². The maximum atomic E-state index is 11.4. The monoisotopic (exact) mass is 231 g/mol. The molecule has 1 aliphatic rings. The molecule has 16 heavy (non-hydrogen) atoms. The smallest absolute Gasteiger partial charge is 0.248 e. The van der Waals surface area contributed by atoms with Gasteiger partial charge in [0.1, 0.15) is 6.10 Å². The first kappa shape index (κ1) is 12.9. The van der Waals surface area contributed by atoms with Gasteiger partial charge in [-0.15, -0.1) is 0 Å². The largest absolute Gasteiger partial charge is 0.381 e. The molecule has 0 radical (unpaired) electrons. The van der Waals surface area contributed by atoms with E-state index in [0.717, 1.165) is 6.54 Å². The van der Waals surface area contributed by atoms with Gasteiger partial charge < -0.3 is 26.2 Å². The first-order chi connectivity index (χ1) is 7.59. The number of nitrogens with one attached hydrogen (secondary N) is 2. The van der Waals surface area contributed by atoms with Crippen molar-refractivity contribution in [1.82, 2.24) is 10.6 Å². The molecule has 1 rings (SSSR count). The summed E-state index contributed by atoms with van der Waals surface area (Å²) in [5.74, 6) is -1.09. The van der Waals surface area contributed by atoms with Crippen LogP contribution in [0.4, 0.5) is 0 Å². The number of amides is 2. The fourth-order valence-corrected chi connectivity index (χ4v) is 1.36. The summed E-state index contributed by atoms with van der Waals surface area (Å²) >= 11 is 0. The summed E-state index contributed by atoms with van der Waals surface area (Å²) in [6.45, 7) is 1.72. The third kappa shape index (κ3) is 4.56. The molecule has 1 fully saturated rings. The lowest BCUT2D eigenvalue weighted by Gasteiger charge is -2.23. The van der Waals surface area contributed by atoms with Gasteiger partial charge in [0.2, 0.25) is 11.8 Å². The zero-order chi connectivity index (χ0) is 12.0. The molecule has 0 aliphatic carbocycles. The predicted molar refractivity (Wildman–Crippen MR) is 55.4 cm³/mol. The van der Waals surface area contributed by atoms with E-state index in [-0.39, 0.29) is 24.9 Å². The third-order valence-corrected chi connectivity index (χ3v) is 2.25. The molecule has 0 aromatic heterocycles. The van der Waals surface area contributed by atoms with Crippen LogP contribution in [0.5, 0.6) is 0 Å². The zero-order valence-electron chi connectivity index (χ0n) is 8.94. The molecule has 1 aliphatic heterocycles. The van der Waals surface area contributed by atoms with Gasteiger partial charge in [0.05, 0.1) is 19.8 Å². The van der Waals surface area contributed by atoms with E-state index >= 15 is 0 Å². The Kier molecular flexibility index (Phi) is 5.17. The SMILES string of the molecule is NC(=O)C(O)CNC(=O)CC1COCCN1. The molecular formula is C9H17N3O4. The first-order valence-corrected chi connectivity index (χ1v) is 5.15. The fraction of sp³-hybridized carbons (Fsp3) is 0.778. The van der Waals surface area contributed by atoms with Crippen LogP contribution in [0.15, 0.2) is 0 Å². The van der Waals surface area contributed by atoms with E-state index in [9.17, 15) is 9.59 Å². The van der Waals surface area contributed by atoms with Crippen molar-refractivity contribution in [2.45, 2.75) is 18.6 Å². The standard InChI is InChI=1S/C9H17N3O4/c10-9(15)7(13)4-12-8(14)3-6-5-16-2-1-11-6/h6-7,11,13H,1-5H2,(H2,10,15)(H,12,14). The van der Waals surface area contributed by atoms with Crippen molar-refractivity contribution >= 4 is 11.8 Å². The Hall–Kier alpha value is -1.18. The van der Waals surface area contributed by atoms with Crippen LogP contribution in [0, 0.1) is 0 Å². The first-order valence-electron chi connectivity index (χ1n) is 5.15. The van der Waals surface area contributed by atoms with Gasteiger partial charge in [0.25, 0.3) is 0 Å². The summed E-state index contributed by atoms with van der Waals surface area (Å²) in [4.78, 5) is 21.9. The van der Waals surface area contributed by atoms with Gasteiger partial charge in [-0.1, -0.05) is 0 Å². The van der Waals surface area contributed by atoms with Crippen LogP contribution in [-0.2, 0) is 14.3 Å². The summed E-state index contributed by atoms with van der Waals surface area (Å²) < 4.78 is 5.18. The average molecular weight is 231 g/mol. The number of hydrogen-bond acceptors (Lipinski definition) is 5. The number of carbonyl (C=O) groups is 2. The highest BCUT2D eigenvalue weighted by Crippen LogP contribution is 1.97. The van der Waals surface area contributed by atoms with Crippen LogP contribution >= 0.6 is 0 Å². The molecule has 2 amide bonds. The quantitative estimate of drug-likeness (QED) is 0.412. The molecule has 0 spiro atoms. The minimum atomic E-state index is -1.33. The van der Waals surface area contributed by atoms with Crippen LogP contribution in [0.3, 0.4) is 0 Å². The maximum absolute atomic E-state index is 11.4. The van der Waals surface area contributed by atoms with E-state index in [1.54, 1.807) is 0 Å². The van der Waals surface area contributed by atoms with Crippen LogP contribution in [0.25, 0.3) is 0 Å². The Balaban J connectivity index is 2.17. The summed E-state index contributed by atoms with van der Waals surface area (Å²) in [6.07, 6.45) is -1.08. The van der Waals surface area contributed by atoms with Crippen molar-refractivity contribution in [3.05, 3.63) is 0 Å². The number of ether oxygens (including phenoxy) is 1. The van der Waals surface area contributed by atoms with Crippen LogP contribution in [-0.4, -0.2) is 55.4 Å². The van der Waals surface area contributed by atoms with Gasteiger partial charge in [-0.25, -0.2) is 0 Å². The molecule has 92 valence electrons. The zero-order valence-corrected chi connectivity index (χ0v) is 8.94. The molecule has 5 N–H and O–H groups in total. The van der Waals surface area contributed by atoms with Gasteiger partial charge in [0, 0.05) is 19.0 Å². The lowest BCUT2D eigenvalue weighted by Crippen LogP contribution is -2.46. The van der Waals surface area contributed by atoms with Crippen LogP contribution < -0.4 is 16.4 Å². The molecule has 2 atom stereocenters. The maximum Gasteiger partial charge on any atom is 0.248 e. The van der Waals surface area contributed by atoms with Crippen molar-refractivity contribution in [3.63, 3.8) is 0 Å². The molecule has 0 aromatic carbocycles. The Morgan fingerprint density at radius 2 is 2.38 bits per heavy atom. The Morgan fingerprint density at radius 1 is 1.62 bits per heavy atom. The third-order valence-electron chi connectivity index (χ3n) is 2.25. The summed E-state index contributed by atoms with van der Waals surface area (Å²) in [5.41, 5.74) is 4.83. The summed E-state index contributed by atoms with van der Waals surface area (Å²) in [5, 5.41) is 14.6. The van der Waals surface area contributed by atoms with E-state index in [4.69, 9.17) is 15.6 Å². The van der Waals surface area contributed by atoms with Gasteiger partial charge >= 0.3 is 0 Å². The van der Waals surface area contributed by atoms with Crippen molar-refractivity contribution in [2.24, 2.45) is 5.73 Å². The number of aliphatic hydroxyl groups excluding tert-OH is 1. The van der Waals surface area contributed by atoms with Gasteiger partial charge in [-0.3, -0.25) is 9.59 Å². The van der Waals surface area contributed by atoms with E-state index < -0.39 is 12.0 Å². The van der Waals surface area contributed by atoms with Crippen molar-refractivity contribution in [1.29, 1.82) is 0 Å². The topological polar surface area (TPSA) is 114 Å². The highest BCUT2D eigenvalue weighted by atomic mass is 16.5. The van der Waals surface area contributed by atoms with Crippen molar-refractivity contribution in [3.8, 4) is 0 Å². The molecule has 2 unspecified atom stereocenters. The van der Waals surface area contributed by atoms with Crippen LogP contribution in [0.2, 0.25) is 0 Å². The number of rotatable bonds is 5. The number of morpholine rings is 1. The van der Waals surface area contributed by atoms with E-state index in [2.05, 4.69) is 10.6 Å². The van der Waals surface area contributed by atoms with Crippen molar-refractivity contribution < 1.29 is 19.4 Å². The molecule has 0 aromatic rings. The summed E-state index contributed by atoms with van der Waals surface area (Å²) in [6, 6.07) is -0.0144. The summed E-state index contributed by atoms with van der Waals surface area (Å²) in [7, 11) is 0. The Bertz CT molecular complexity index is 253. The molecule has 1 heterocycles. The molecular weight excluding hydrogens is 214 g/mol. The highest BCUT2D eigenvalue weighted by molar-refractivity contribution is 5.81. The second kappa shape index (κ2) is 6.41. The lowest BCUT2D eigenvalue weighted by molar-refractivity contribution is -0.127. The van der Waals surface area contributed by atoms with E-state index in [1.165, 1.54) is 0 Å². The number of nitrogens with two attached hydrogens (primary N) is 1. The molecule has 7 nitrogen and oxygen atoms in total. The van der Waals surface area contributed by atoms with Gasteiger partial charge in [-0.05, 0) is 0 Å². The normalized spacial score (nSPS) is 22.4. The average Bonchev–Trinajstić information content (AvgIpc) is 2.27. The molecule has 1 saturated heterocycles. The van der Waals surface area contributed by atoms with Crippen LogP contribution in [0.1, 0.15) is 6.42 Å².